The Hall–Kier alpha value is -1.47. The Kier molecular flexibility index (Phi) is 4.80. The highest BCUT2D eigenvalue weighted by Gasteiger charge is 2.27. The maximum Gasteiger partial charge on any atom is 0.411 e. The molecule has 8 heteroatoms. The number of hydrogen-bond donors (Lipinski definition) is 1. The largest absolute Gasteiger partial charge is 0.435 e. The van der Waals surface area contributed by atoms with Gasteiger partial charge in [-0.3, -0.25) is 0 Å². The monoisotopic (exact) mass is 283 g/mol. The van der Waals surface area contributed by atoms with E-state index in [0.29, 0.717) is 5.02 Å². The van der Waals surface area contributed by atoms with Crippen LogP contribution in [0.3, 0.4) is 0 Å². The summed E-state index contributed by atoms with van der Waals surface area (Å²) < 4.78 is 43.7. The number of alkyl halides is 3. The van der Waals surface area contributed by atoms with Gasteiger partial charge in [-0.15, -0.1) is 0 Å². The van der Waals surface area contributed by atoms with Crippen LogP contribution >= 0.6 is 11.6 Å². The molecule has 1 aromatic rings. The van der Waals surface area contributed by atoms with E-state index < -0.39 is 25.5 Å². The summed E-state index contributed by atoms with van der Waals surface area (Å²) in [6, 6.07) is 4.05. The third-order valence-electron chi connectivity index (χ3n) is 1.77. The van der Waals surface area contributed by atoms with Crippen molar-refractivity contribution in [1.29, 1.82) is 0 Å². The maximum atomic E-state index is 11.7. The van der Waals surface area contributed by atoms with E-state index in [-0.39, 0.29) is 11.3 Å². The lowest BCUT2D eigenvalue weighted by molar-refractivity contribution is -0.190. The van der Waals surface area contributed by atoms with Crippen molar-refractivity contribution < 1.29 is 27.4 Å². The second-order valence-corrected chi connectivity index (χ2v) is 3.68. The van der Waals surface area contributed by atoms with Gasteiger partial charge in [-0.2, -0.15) is 13.2 Å². The van der Waals surface area contributed by atoms with Crippen molar-refractivity contribution in [2.75, 3.05) is 19.1 Å². The Morgan fingerprint density at radius 1 is 1.39 bits per heavy atom. The van der Waals surface area contributed by atoms with Crippen LogP contribution in [0.25, 0.3) is 0 Å². The SMILES string of the molecule is Nc1cc(Cl)ccc1C(=O)OCOCC(F)(F)F. The number of hydrogen-bond acceptors (Lipinski definition) is 4. The summed E-state index contributed by atoms with van der Waals surface area (Å²) in [7, 11) is 0. The van der Waals surface area contributed by atoms with Gasteiger partial charge in [0.25, 0.3) is 0 Å². The summed E-state index contributed by atoms with van der Waals surface area (Å²) in [5.41, 5.74) is 5.57. The predicted molar refractivity (Wildman–Crippen MR) is 58.2 cm³/mol. The van der Waals surface area contributed by atoms with Gasteiger partial charge < -0.3 is 15.2 Å². The first-order valence-electron chi connectivity index (χ1n) is 4.66. The number of esters is 1. The molecule has 0 atom stereocenters. The van der Waals surface area contributed by atoms with E-state index in [1.54, 1.807) is 0 Å². The lowest BCUT2D eigenvalue weighted by Crippen LogP contribution is -2.19. The lowest BCUT2D eigenvalue weighted by Gasteiger charge is -2.09. The minimum Gasteiger partial charge on any atom is -0.435 e. The number of rotatable bonds is 4. The molecule has 0 heterocycles. The van der Waals surface area contributed by atoms with Crippen LogP contribution < -0.4 is 5.73 Å². The summed E-state index contributed by atoms with van der Waals surface area (Å²) in [5, 5.41) is 0.331. The van der Waals surface area contributed by atoms with E-state index in [1.807, 2.05) is 0 Å². The van der Waals surface area contributed by atoms with Gasteiger partial charge in [0.2, 0.25) is 0 Å². The van der Waals surface area contributed by atoms with E-state index in [9.17, 15) is 18.0 Å². The van der Waals surface area contributed by atoms with E-state index >= 15 is 0 Å². The first-order valence-corrected chi connectivity index (χ1v) is 5.04. The molecule has 0 radical (unpaired) electrons. The zero-order valence-electron chi connectivity index (χ0n) is 8.96. The van der Waals surface area contributed by atoms with E-state index in [1.165, 1.54) is 18.2 Å². The Bertz CT molecular complexity index is 437. The highest BCUT2D eigenvalue weighted by Crippen LogP contribution is 2.19. The van der Waals surface area contributed by atoms with Crippen LogP contribution in [0.5, 0.6) is 0 Å². The second kappa shape index (κ2) is 5.92. The van der Waals surface area contributed by atoms with Crippen LogP contribution in [0.4, 0.5) is 18.9 Å². The molecule has 0 amide bonds. The van der Waals surface area contributed by atoms with Crippen LogP contribution in [-0.4, -0.2) is 25.5 Å². The van der Waals surface area contributed by atoms with Crippen LogP contribution in [-0.2, 0) is 9.47 Å². The van der Waals surface area contributed by atoms with Crippen molar-refractivity contribution in [3.63, 3.8) is 0 Å². The normalized spacial score (nSPS) is 11.3. The average molecular weight is 284 g/mol. The average Bonchev–Trinajstić information content (AvgIpc) is 2.22. The first-order chi connectivity index (χ1) is 8.29. The summed E-state index contributed by atoms with van der Waals surface area (Å²) in [5.74, 6) is -0.883. The fourth-order valence-electron chi connectivity index (χ4n) is 1.05. The van der Waals surface area contributed by atoms with Gasteiger partial charge in [0.1, 0.15) is 6.61 Å². The van der Waals surface area contributed by atoms with Gasteiger partial charge in [0.05, 0.1) is 5.56 Å². The molecular formula is C10H9ClF3NO3. The molecule has 0 bridgehead atoms. The van der Waals surface area contributed by atoms with Gasteiger partial charge in [-0.25, -0.2) is 4.79 Å². The lowest BCUT2D eigenvalue weighted by atomic mass is 10.2. The Morgan fingerprint density at radius 3 is 2.61 bits per heavy atom. The molecule has 4 nitrogen and oxygen atoms in total. The molecule has 0 aliphatic heterocycles. The minimum atomic E-state index is -4.47. The van der Waals surface area contributed by atoms with Crippen molar-refractivity contribution in [1.82, 2.24) is 0 Å². The molecule has 0 aromatic heterocycles. The molecule has 0 saturated heterocycles. The highest BCUT2D eigenvalue weighted by molar-refractivity contribution is 6.31. The minimum absolute atomic E-state index is 0.00927. The molecule has 1 aromatic carbocycles. The fraction of sp³-hybridized carbons (Fsp3) is 0.300. The first kappa shape index (κ1) is 14.6. The molecule has 0 aliphatic carbocycles. The third kappa shape index (κ3) is 4.80. The van der Waals surface area contributed by atoms with Crippen LogP contribution in [0.15, 0.2) is 18.2 Å². The molecule has 0 fully saturated rings. The van der Waals surface area contributed by atoms with Gasteiger partial charge in [0.15, 0.2) is 6.79 Å². The van der Waals surface area contributed by atoms with Gasteiger partial charge in [-0.05, 0) is 18.2 Å². The zero-order chi connectivity index (χ0) is 13.8. The van der Waals surface area contributed by atoms with Crippen molar-refractivity contribution in [3.05, 3.63) is 28.8 Å². The molecule has 1 rings (SSSR count). The molecule has 2 N–H and O–H groups in total. The number of nitrogens with two attached hydrogens (primary N) is 1. The predicted octanol–water partition coefficient (Wildman–Crippen LogP) is 2.62. The number of carbonyl (C=O) groups excluding carboxylic acids is 1. The fourth-order valence-corrected chi connectivity index (χ4v) is 1.23. The number of nitrogen functional groups attached to an aromatic ring is 1. The number of benzene rings is 1. The van der Waals surface area contributed by atoms with E-state index in [4.69, 9.17) is 17.3 Å². The summed E-state index contributed by atoms with van der Waals surface area (Å²) in [6.45, 7) is -2.29. The van der Waals surface area contributed by atoms with Crippen molar-refractivity contribution in [2.45, 2.75) is 6.18 Å². The Balaban J connectivity index is 2.46. The smallest absolute Gasteiger partial charge is 0.411 e. The summed E-state index contributed by atoms with van der Waals surface area (Å²) >= 11 is 5.62. The molecule has 100 valence electrons. The number of halogens is 4. The Labute approximate surface area is 105 Å². The number of ether oxygens (including phenoxy) is 2. The summed E-state index contributed by atoms with van der Waals surface area (Å²) in [6.07, 6.45) is -4.47. The van der Waals surface area contributed by atoms with Crippen LogP contribution in [0.2, 0.25) is 5.02 Å². The van der Waals surface area contributed by atoms with Crippen LogP contribution in [0, 0.1) is 0 Å². The zero-order valence-corrected chi connectivity index (χ0v) is 9.72. The number of anilines is 1. The summed E-state index contributed by atoms with van der Waals surface area (Å²) in [4.78, 5) is 11.4. The quantitative estimate of drug-likeness (QED) is 0.399. The maximum absolute atomic E-state index is 11.7. The second-order valence-electron chi connectivity index (χ2n) is 3.24. The van der Waals surface area contributed by atoms with Gasteiger partial charge in [0, 0.05) is 10.7 Å². The molecule has 0 aliphatic rings. The number of carbonyl (C=O) groups is 1. The van der Waals surface area contributed by atoms with Crippen molar-refractivity contribution >= 4 is 23.3 Å². The molecule has 0 saturated carbocycles. The molecular weight excluding hydrogens is 275 g/mol. The molecule has 0 unspecified atom stereocenters. The van der Waals surface area contributed by atoms with E-state index in [0.717, 1.165) is 0 Å². The van der Waals surface area contributed by atoms with E-state index in [2.05, 4.69) is 9.47 Å². The molecule has 0 spiro atoms. The highest BCUT2D eigenvalue weighted by atomic mass is 35.5. The third-order valence-corrected chi connectivity index (χ3v) is 2.01. The van der Waals surface area contributed by atoms with Gasteiger partial charge >= 0.3 is 12.1 Å². The Morgan fingerprint density at radius 2 is 2.06 bits per heavy atom. The van der Waals surface area contributed by atoms with Crippen LogP contribution in [0.1, 0.15) is 10.4 Å². The van der Waals surface area contributed by atoms with Gasteiger partial charge in [-0.1, -0.05) is 11.6 Å². The van der Waals surface area contributed by atoms with Crippen molar-refractivity contribution in [3.8, 4) is 0 Å². The topological polar surface area (TPSA) is 61.6 Å². The standard InChI is InChI=1S/C10H9ClF3NO3/c11-6-1-2-7(8(15)3-6)9(16)18-5-17-4-10(12,13)14/h1-3H,4-5,15H2. The molecule has 18 heavy (non-hydrogen) atoms. The van der Waals surface area contributed by atoms with Crippen molar-refractivity contribution in [2.24, 2.45) is 0 Å².